The molecule has 2 aliphatic heterocycles. The van der Waals surface area contributed by atoms with Gasteiger partial charge in [-0.1, -0.05) is 18.2 Å². The maximum absolute atomic E-state index is 10.4. The molecule has 0 radical (unpaired) electrons. The van der Waals surface area contributed by atoms with Crippen LogP contribution in [0.25, 0.3) is 10.9 Å². The Balaban J connectivity index is 1.46. The van der Waals surface area contributed by atoms with Crippen LogP contribution in [0.2, 0.25) is 0 Å². The van der Waals surface area contributed by atoms with E-state index in [-0.39, 0.29) is 11.7 Å². The molecule has 0 amide bonds. The molecule has 0 saturated carbocycles. The number of nitrogens with zero attached hydrogens (tertiary/aromatic N) is 2. The molecule has 0 bridgehead atoms. The van der Waals surface area contributed by atoms with Crippen LogP contribution in [0.4, 0.5) is 0 Å². The second-order valence-corrected chi connectivity index (χ2v) is 7.18. The summed E-state index contributed by atoms with van der Waals surface area (Å²) < 4.78 is 11.4. The third kappa shape index (κ3) is 3.24. The van der Waals surface area contributed by atoms with Gasteiger partial charge >= 0.3 is 0 Å². The molecule has 134 valence electrons. The molecule has 5 heteroatoms. The van der Waals surface area contributed by atoms with Gasteiger partial charge in [0, 0.05) is 31.6 Å². The van der Waals surface area contributed by atoms with Crippen molar-refractivity contribution in [3.8, 4) is 5.75 Å². The van der Waals surface area contributed by atoms with Gasteiger partial charge in [0.05, 0.1) is 24.5 Å². The largest absolute Gasteiger partial charge is 0.494 e. The van der Waals surface area contributed by atoms with Gasteiger partial charge in [0.15, 0.2) is 0 Å². The van der Waals surface area contributed by atoms with Crippen molar-refractivity contribution in [2.45, 2.75) is 43.9 Å². The molecule has 2 saturated heterocycles. The molecule has 5 nitrogen and oxygen atoms in total. The van der Waals surface area contributed by atoms with E-state index in [9.17, 15) is 5.11 Å². The molecule has 25 heavy (non-hydrogen) atoms. The van der Waals surface area contributed by atoms with Gasteiger partial charge in [-0.05, 0) is 37.8 Å². The van der Waals surface area contributed by atoms with Gasteiger partial charge in [-0.25, -0.2) is 4.98 Å². The Bertz CT molecular complexity index is 741. The highest BCUT2D eigenvalue weighted by molar-refractivity contribution is 5.84. The molecule has 1 aromatic carbocycles. The van der Waals surface area contributed by atoms with Gasteiger partial charge in [0.2, 0.25) is 0 Å². The van der Waals surface area contributed by atoms with Crippen LogP contribution < -0.4 is 4.74 Å². The lowest BCUT2D eigenvalue weighted by molar-refractivity contribution is -0.177. The number of aliphatic hydroxyl groups excluding tert-OH is 1. The average molecular weight is 342 g/mol. The number of rotatable bonds is 3. The monoisotopic (exact) mass is 342 g/mol. The number of benzene rings is 1. The third-order valence-electron chi connectivity index (χ3n) is 5.67. The standard InChI is InChI=1S/C20H26N2O3/c1-24-17-5-2-4-15-7-8-16(21-19(15)17)14-22-11-9-20(10-12-22)18(23)6-3-13-25-20/h2,4-5,7-8,18,23H,3,6,9-14H2,1H3. The van der Waals surface area contributed by atoms with Crippen molar-refractivity contribution < 1.29 is 14.6 Å². The highest BCUT2D eigenvalue weighted by Crippen LogP contribution is 2.35. The molecule has 3 heterocycles. The van der Waals surface area contributed by atoms with Gasteiger partial charge in [-0.2, -0.15) is 0 Å². The topological polar surface area (TPSA) is 54.8 Å². The van der Waals surface area contributed by atoms with Crippen LogP contribution in [0.15, 0.2) is 30.3 Å². The Hall–Kier alpha value is -1.69. The van der Waals surface area contributed by atoms with Gasteiger partial charge in [-0.15, -0.1) is 0 Å². The zero-order valence-electron chi connectivity index (χ0n) is 14.8. The van der Waals surface area contributed by atoms with Crippen LogP contribution >= 0.6 is 0 Å². The van der Waals surface area contributed by atoms with Crippen LogP contribution in [0.3, 0.4) is 0 Å². The summed E-state index contributed by atoms with van der Waals surface area (Å²) in [5.41, 5.74) is 1.66. The Morgan fingerprint density at radius 1 is 1.28 bits per heavy atom. The number of methoxy groups -OCH3 is 1. The van der Waals surface area contributed by atoms with Crippen molar-refractivity contribution in [3.05, 3.63) is 36.0 Å². The Morgan fingerprint density at radius 2 is 2.12 bits per heavy atom. The van der Waals surface area contributed by atoms with E-state index in [1.165, 1.54) is 0 Å². The van der Waals surface area contributed by atoms with Gasteiger partial charge in [0.25, 0.3) is 0 Å². The van der Waals surface area contributed by atoms with E-state index in [4.69, 9.17) is 14.5 Å². The number of aliphatic hydroxyl groups is 1. The fourth-order valence-corrected chi connectivity index (χ4v) is 4.12. The minimum atomic E-state index is -0.313. The normalized spacial score (nSPS) is 23.8. The number of ether oxygens (including phenoxy) is 2. The number of likely N-dealkylation sites (tertiary alicyclic amines) is 1. The van der Waals surface area contributed by atoms with Crippen molar-refractivity contribution in [3.63, 3.8) is 0 Å². The summed E-state index contributed by atoms with van der Waals surface area (Å²) in [6, 6.07) is 10.2. The fourth-order valence-electron chi connectivity index (χ4n) is 4.12. The Labute approximate surface area is 148 Å². The van der Waals surface area contributed by atoms with E-state index < -0.39 is 0 Å². The van der Waals surface area contributed by atoms with Crippen LogP contribution in [-0.4, -0.2) is 53.5 Å². The lowest BCUT2D eigenvalue weighted by Crippen LogP contribution is -2.55. The summed E-state index contributed by atoms with van der Waals surface area (Å²) in [5.74, 6) is 0.815. The van der Waals surface area contributed by atoms with Crippen LogP contribution in [0.1, 0.15) is 31.4 Å². The molecule has 1 N–H and O–H groups in total. The second-order valence-electron chi connectivity index (χ2n) is 7.18. The summed E-state index contributed by atoms with van der Waals surface area (Å²) >= 11 is 0. The zero-order chi connectivity index (χ0) is 17.3. The molecular formula is C20H26N2O3. The summed E-state index contributed by atoms with van der Waals surface area (Å²) in [5, 5.41) is 11.5. The SMILES string of the molecule is COc1cccc2ccc(CN3CCC4(CC3)OCCCC4O)nc12. The number of fused-ring (bicyclic) bond motifs is 1. The first-order chi connectivity index (χ1) is 12.2. The van der Waals surface area contributed by atoms with Crippen molar-refractivity contribution in [2.24, 2.45) is 0 Å². The van der Waals surface area contributed by atoms with E-state index in [1.807, 2.05) is 12.1 Å². The molecule has 2 fully saturated rings. The first kappa shape index (κ1) is 16.8. The Morgan fingerprint density at radius 3 is 2.88 bits per heavy atom. The third-order valence-corrected chi connectivity index (χ3v) is 5.67. The zero-order valence-corrected chi connectivity index (χ0v) is 14.8. The lowest BCUT2D eigenvalue weighted by Gasteiger charge is -2.46. The van der Waals surface area contributed by atoms with Crippen molar-refractivity contribution >= 4 is 10.9 Å². The fraction of sp³-hybridized carbons (Fsp3) is 0.550. The molecule has 1 aromatic heterocycles. The molecule has 1 spiro atoms. The number of aromatic nitrogens is 1. The summed E-state index contributed by atoms with van der Waals surface area (Å²) in [6.45, 7) is 3.47. The van der Waals surface area contributed by atoms with Crippen LogP contribution in [0, 0.1) is 0 Å². The molecule has 2 aromatic rings. The van der Waals surface area contributed by atoms with E-state index in [0.717, 1.165) is 74.3 Å². The van der Waals surface area contributed by atoms with Crippen molar-refractivity contribution in [2.75, 3.05) is 26.8 Å². The number of hydrogen-bond donors (Lipinski definition) is 1. The predicted octanol–water partition coefficient (Wildman–Crippen LogP) is 2.75. The van der Waals surface area contributed by atoms with E-state index in [0.29, 0.717) is 0 Å². The molecule has 1 atom stereocenters. The van der Waals surface area contributed by atoms with Gasteiger partial charge in [0.1, 0.15) is 11.3 Å². The van der Waals surface area contributed by atoms with Crippen LogP contribution in [-0.2, 0) is 11.3 Å². The minimum Gasteiger partial charge on any atom is -0.494 e. The summed E-state index contributed by atoms with van der Waals surface area (Å²) in [4.78, 5) is 7.21. The van der Waals surface area contributed by atoms with Crippen molar-refractivity contribution in [1.29, 1.82) is 0 Å². The molecule has 2 aliphatic rings. The highest BCUT2D eigenvalue weighted by atomic mass is 16.5. The highest BCUT2D eigenvalue weighted by Gasteiger charge is 2.43. The smallest absolute Gasteiger partial charge is 0.145 e. The second kappa shape index (κ2) is 6.90. The number of hydrogen-bond acceptors (Lipinski definition) is 5. The average Bonchev–Trinajstić information content (AvgIpc) is 2.65. The van der Waals surface area contributed by atoms with Gasteiger partial charge < -0.3 is 14.6 Å². The summed E-state index contributed by atoms with van der Waals surface area (Å²) in [6.07, 6.45) is 3.31. The maximum Gasteiger partial charge on any atom is 0.145 e. The maximum atomic E-state index is 10.4. The molecule has 0 aliphatic carbocycles. The molecule has 4 rings (SSSR count). The van der Waals surface area contributed by atoms with Gasteiger partial charge in [-0.3, -0.25) is 4.90 Å². The van der Waals surface area contributed by atoms with E-state index in [2.05, 4.69) is 23.1 Å². The first-order valence-electron chi connectivity index (χ1n) is 9.17. The number of pyridine rings is 1. The predicted molar refractivity (Wildman–Crippen MR) is 96.7 cm³/mol. The molecular weight excluding hydrogens is 316 g/mol. The number of para-hydroxylation sites is 1. The Kier molecular flexibility index (Phi) is 4.63. The first-order valence-corrected chi connectivity index (χ1v) is 9.17. The van der Waals surface area contributed by atoms with E-state index >= 15 is 0 Å². The quantitative estimate of drug-likeness (QED) is 0.929. The lowest BCUT2D eigenvalue weighted by atomic mass is 9.82. The van der Waals surface area contributed by atoms with E-state index in [1.54, 1.807) is 7.11 Å². The van der Waals surface area contributed by atoms with Crippen molar-refractivity contribution in [1.82, 2.24) is 9.88 Å². The minimum absolute atomic E-state index is 0.311. The van der Waals surface area contributed by atoms with Crippen LogP contribution in [0.5, 0.6) is 5.75 Å². The summed E-state index contributed by atoms with van der Waals surface area (Å²) in [7, 11) is 1.68. The molecule has 1 unspecified atom stereocenters. The number of piperidine rings is 1.